The molecule has 3 aromatic rings. The molecule has 1 aliphatic heterocycles. The van der Waals surface area contributed by atoms with Crippen LogP contribution in [0.3, 0.4) is 0 Å². The molecule has 1 saturated heterocycles. The van der Waals surface area contributed by atoms with Gasteiger partial charge in [0, 0.05) is 50.7 Å². The number of halogens is 1. The largest absolute Gasteiger partial charge is 0.336 e. The SMILES string of the molecule is N#Cc1c(CN2CCN(C(=O)c3ccccc3Cl)CC2)cn2ccccc12. The maximum atomic E-state index is 12.7. The van der Waals surface area contributed by atoms with E-state index in [1.165, 1.54) is 0 Å². The first-order chi connectivity index (χ1) is 13.2. The van der Waals surface area contributed by atoms with Gasteiger partial charge < -0.3 is 9.30 Å². The summed E-state index contributed by atoms with van der Waals surface area (Å²) in [5, 5.41) is 10.0. The molecule has 1 aromatic carbocycles. The molecule has 2 aromatic heterocycles. The molecule has 0 aliphatic carbocycles. The zero-order valence-corrected chi connectivity index (χ0v) is 15.6. The number of pyridine rings is 1. The normalized spacial score (nSPS) is 15.0. The monoisotopic (exact) mass is 378 g/mol. The van der Waals surface area contributed by atoms with Gasteiger partial charge in [-0.3, -0.25) is 9.69 Å². The Bertz CT molecular complexity index is 1030. The first-order valence-electron chi connectivity index (χ1n) is 8.92. The van der Waals surface area contributed by atoms with Crippen LogP contribution in [0, 0.1) is 11.3 Å². The number of hydrogen-bond acceptors (Lipinski definition) is 3. The Morgan fingerprint density at radius 1 is 1.07 bits per heavy atom. The third-order valence-electron chi connectivity index (χ3n) is 5.03. The van der Waals surface area contributed by atoms with Crippen molar-refractivity contribution < 1.29 is 4.79 Å². The average molecular weight is 379 g/mol. The quantitative estimate of drug-likeness (QED) is 0.701. The van der Waals surface area contributed by atoms with Crippen LogP contribution in [0.25, 0.3) is 5.52 Å². The van der Waals surface area contributed by atoms with Crippen molar-refractivity contribution >= 4 is 23.0 Å². The lowest BCUT2D eigenvalue weighted by molar-refractivity contribution is 0.0628. The molecule has 0 saturated carbocycles. The zero-order valence-electron chi connectivity index (χ0n) is 14.8. The summed E-state index contributed by atoms with van der Waals surface area (Å²) >= 11 is 6.16. The lowest BCUT2D eigenvalue weighted by Gasteiger charge is -2.34. The molecule has 1 aliphatic rings. The molecule has 1 amide bonds. The van der Waals surface area contributed by atoms with Crippen LogP contribution in [0.1, 0.15) is 21.5 Å². The molecule has 0 atom stereocenters. The van der Waals surface area contributed by atoms with Crippen LogP contribution in [0.5, 0.6) is 0 Å². The number of nitriles is 1. The van der Waals surface area contributed by atoms with E-state index in [4.69, 9.17) is 11.6 Å². The van der Waals surface area contributed by atoms with Gasteiger partial charge in [-0.05, 0) is 24.3 Å². The standard InChI is InChI=1S/C21H19ClN4O/c22-19-6-2-1-5-17(19)21(27)25-11-9-24(10-12-25)14-16-15-26-8-4-3-7-20(26)18(16)13-23/h1-8,15H,9-12,14H2. The molecule has 6 heteroatoms. The number of carbonyl (C=O) groups is 1. The van der Waals surface area contributed by atoms with Gasteiger partial charge in [0.05, 0.1) is 21.7 Å². The highest BCUT2D eigenvalue weighted by atomic mass is 35.5. The third kappa shape index (κ3) is 3.42. The Balaban J connectivity index is 1.44. The van der Waals surface area contributed by atoms with Crippen LogP contribution in [-0.2, 0) is 6.54 Å². The van der Waals surface area contributed by atoms with Gasteiger partial charge in [0.25, 0.3) is 5.91 Å². The highest BCUT2D eigenvalue weighted by molar-refractivity contribution is 6.33. The van der Waals surface area contributed by atoms with Gasteiger partial charge in [-0.15, -0.1) is 0 Å². The van der Waals surface area contributed by atoms with E-state index < -0.39 is 0 Å². The van der Waals surface area contributed by atoms with E-state index in [2.05, 4.69) is 11.0 Å². The van der Waals surface area contributed by atoms with Crippen molar-refractivity contribution in [3.05, 3.63) is 76.6 Å². The Kier molecular flexibility index (Phi) is 4.85. The van der Waals surface area contributed by atoms with Gasteiger partial charge in [0.15, 0.2) is 0 Å². The fourth-order valence-electron chi connectivity index (χ4n) is 3.58. The molecular formula is C21H19ClN4O. The maximum absolute atomic E-state index is 12.7. The van der Waals surface area contributed by atoms with Crippen LogP contribution in [0.15, 0.2) is 54.9 Å². The van der Waals surface area contributed by atoms with Gasteiger partial charge in [0.1, 0.15) is 6.07 Å². The molecule has 0 radical (unpaired) electrons. The maximum Gasteiger partial charge on any atom is 0.255 e. The van der Waals surface area contributed by atoms with Crippen molar-refractivity contribution in [1.29, 1.82) is 5.26 Å². The number of rotatable bonds is 3. The second kappa shape index (κ2) is 7.43. The summed E-state index contributed by atoms with van der Waals surface area (Å²) in [6.45, 7) is 3.55. The second-order valence-corrected chi connectivity index (χ2v) is 7.09. The Morgan fingerprint density at radius 2 is 1.81 bits per heavy atom. The number of nitrogens with zero attached hydrogens (tertiary/aromatic N) is 4. The summed E-state index contributed by atoms with van der Waals surface area (Å²) in [5.74, 6) is -0.0208. The summed E-state index contributed by atoms with van der Waals surface area (Å²) in [4.78, 5) is 16.8. The van der Waals surface area contributed by atoms with Gasteiger partial charge in [-0.1, -0.05) is 29.8 Å². The van der Waals surface area contributed by atoms with E-state index in [1.807, 2.05) is 52.0 Å². The fraction of sp³-hybridized carbons (Fsp3) is 0.238. The van der Waals surface area contributed by atoms with Crippen LogP contribution in [-0.4, -0.2) is 46.3 Å². The summed E-state index contributed by atoms with van der Waals surface area (Å²) in [7, 11) is 0. The molecule has 4 rings (SSSR count). The van der Waals surface area contributed by atoms with Gasteiger partial charge in [0.2, 0.25) is 0 Å². The second-order valence-electron chi connectivity index (χ2n) is 6.68. The minimum absolute atomic E-state index is 0.0208. The number of amides is 1. The first kappa shape index (κ1) is 17.6. The highest BCUT2D eigenvalue weighted by Crippen LogP contribution is 2.21. The average Bonchev–Trinajstić information content (AvgIpc) is 3.05. The van der Waals surface area contributed by atoms with E-state index in [1.54, 1.807) is 12.1 Å². The molecule has 136 valence electrons. The molecule has 3 heterocycles. The third-order valence-corrected chi connectivity index (χ3v) is 5.36. The predicted molar refractivity (Wildman–Crippen MR) is 105 cm³/mol. The number of benzene rings is 1. The zero-order chi connectivity index (χ0) is 18.8. The Labute approximate surface area is 163 Å². The number of piperazine rings is 1. The summed E-state index contributed by atoms with van der Waals surface area (Å²) in [5.41, 5.74) is 3.24. The molecule has 1 fully saturated rings. The lowest BCUT2D eigenvalue weighted by Crippen LogP contribution is -2.48. The van der Waals surface area contributed by atoms with Gasteiger partial charge in [-0.25, -0.2) is 0 Å². The lowest BCUT2D eigenvalue weighted by atomic mass is 10.1. The smallest absolute Gasteiger partial charge is 0.255 e. The number of aromatic nitrogens is 1. The van der Waals surface area contributed by atoms with Crippen molar-refractivity contribution in [2.45, 2.75) is 6.54 Å². The summed E-state index contributed by atoms with van der Waals surface area (Å²) < 4.78 is 1.99. The van der Waals surface area contributed by atoms with E-state index in [9.17, 15) is 10.1 Å². The predicted octanol–water partition coefficient (Wildman–Crippen LogP) is 3.42. The molecule has 27 heavy (non-hydrogen) atoms. The van der Waals surface area contributed by atoms with Crippen molar-refractivity contribution in [2.75, 3.05) is 26.2 Å². The number of carbonyl (C=O) groups excluding carboxylic acids is 1. The fourth-order valence-corrected chi connectivity index (χ4v) is 3.80. The number of hydrogen-bond donors (Lipinski definition) is 0. The minimum atomic E-state index is -0.0208. The van der Waals surface area contributed by atoms with Crippen LogP contribution >= 0.6 is 11.6 Å². The number of fused-ring (bicyclic) bond motifs is 1. The van der Waals surface area contributed by atoms with Crippen LogP contribution < -0.4 is 0 Å². The Hall–Kier alpha value is -2.81. The molecule has 0 bridgehead atoms. The van der Waals surface area contributed by atoms with Crippen molar-refractivity contribution in [2.24, 2.45) is 0 Å². The molecule has 5 nitrogen and oxygen atoms in total. The molecule has 0 N–H and O–H groups in total. The van der Waals surface area contributed by atoms with Gasteiger partial charge in [-0.2, -0.15) is 5.26 Å². The summed E-state index contributed by atoms with van der Waals surface area (Å²) in [6.07, 6.45) is 3.98. The Morgan fingerprint density at radius 3 is 2.56 bits per heavy atom. The minimum Gasteiger partial charge on any atom is -0.336 e. The van der Waals surface area contributed by atoms with Crippen LogP contribution in [0.2, 0.25) is 5.02 Å². The van der Waals surface area contributed by atoms with Crippen molar-refractivity contribution in [3.63, 3.8) is 0 Å². The van der Waals surface area contributed by atoms with E-state index in [0.29, 0.717) is 30.2 Å². The van der Waals surface area contributed by atoms with E-state index in [0.717, 1.165) is 29.7 Å². The van der Waals surface area contributed by atoms with Crippen molar-refractivity contribution in [3.8, 4) is 6.07 Å². The van der Waals surface area contributed by atoms with Gasteiger partial charge >= 0.3 is 0 Å². The molecular weight excluding hydrogens is 360 g/mol. The van der Waals surface area contributed by atoms with E-state index in [-0.39, 0.29) is 5.91 Å². The van der Waals surface area contributed by atoms with Crippen LogP contribution in [0.4, 0.5) is 0 Å². The first-order valence-corrected chi connectivity index (χ1v) is 9.30. The topological polar surface area (TPSA) is 51.8 Å². The molecule has 0 spiro atoms. The highest BCUT2D eigenvalue weighted by Gasteiger charge is 2.24. The summed E-state index contributed by atoms with van der Waals surface area (Å²) in [6, 6.07) is 15.4. The molecule has 0 unspecified atom stereocenters. The van der Waals surface area contributed by atoms with E-state index >= 15 is 0 Å². The van der Waals surface area contributed by atoms with Crippen molar-refractivity contribution in [1.82, 2.24) is 14.2 Å².